The van der Waals surface area contributed by atoms with E-state index in [-0.39, 0.29) is 11.7 Å². The second-order valence-corrected chi connectivity index (χ2v) is 3.96. The van der Waals surface area contributed by atoms with Crippen LogP contribution in [0.15, 0.2) is 10.7 Å². The quantitative estimate of drug-likeness (QED) is 0.679. The van der Waals surface area contributed by atoms with Gasteiger partial charge < -0.3 is 20.5 Å². The fourth-order valence-electron chi connectivity index (χ4n) is 1.83. The number of aryl methyl sites for hydroxylation is 1. The first kappa shape index (κ1) is 11.6. The summed E-state index contributed by atoms with van der Waals surface area (Å²) in [5.74, 6) is -0.703. The highest BCUT2D eigenvalue weighted by Crippen LogP contribution is 2.13. The Morgan fingerprint density at radius 3 is 3.00 bits per heavy atom. The van der Waals surface area contributed by atoms with Gasteiger partial charge in [0, 0.05) is 25.2 Å². The molecule has 0 radical (unpaired) electrons. The fourth-order valence-corrected chi connectivity index (χ4v) is 1.83. The van der Waals surface area contributed by atoms with Gasteiger partial charge in [-0.3, -0.25) is 9.59 Å². The molecular formula is C10H14N4O3. The van der Waals surface area contributed by atoms with Crippen molar-refractivity contribution in [1.82, 2.24) is 15.4 Å². The molecule has 17 heavy (non-hydrogen) atoms. The molecule has 0 spiro atoms. The van der Waals surface area contributed by atoms with E-state index in [2.05, 4.69) is 10.5 Å². The minimum absolute atomic E-state index is 0.165. The van der Waals surface area contributed by atoms with E-state index < -0.39 is 11.9 Å². The van der Waals surface area contributed by atoms with Gasteiger partial charge in [-0.25, -0.2) is 0 Å². The van der Waals surface area contributed by atoms with E-state index in [0.717, 1.165) is 0 Å². The first-order valence-electron chi connectivity index (χ1n) is 5.33. The summed E-state index contributed by atoms with van der Waals surface area (Å²) in [4.78, 5) is 24.8. The van der Waals surface area contributed by atoms with Gasteiger partial charge in [-0.15, -0.1) is 0 Å². The molecule has 2 heterocycles. The fraction of sp³-hybridized carbons (Fsp3) is 0.500. The SMILES string of the molecule is Cc1cnoc1C(=O)N1CCNCC1C(N)=O. The third-order valence-corrected chi connectivity index (χ3v) is 2.78. The summed E-state index contributed by atoms with van der Waals surface area (Å²) in [6.45, 7) is 3.15. The van der Waals surface area contributed by atoms with E-state index >= 15 is 0 Å². The second-order valence-electron chi connectivity index (χ2n) is 3.96. The molecule has 1 aromatic rings. The van der Waals surface area contributed by atoms with Crippen LogP contribution in [0.4, 0.5) is 0 Å². The van der Waals surface area contributed by atoms with Crippen LogP contribution < -0.4 is 11.1 Å². The van der Waals surface area contributed by atoms with Crippen LogP contribution in [0.1, 0.15) is 16.1 Å². The maximum absolute atomic E-state index is 12.2. The molecule has 7 nitrogen and oxygen atoms in total. The van der Waals surface area contributed by atoms with Gasteiger partial charge in [-0.05, 0) is 6.92 Å². The highest BCUT2D eigenvalue weighted by atomic mass is 16.5. The van der Waals surface area contributed by atoms with E-state index in [1.807, 2.05) is 0 Å². The highest BCUT2D eigenvalue weighted by molar-refractivity contribution is 5.96. The van der Waals surface area contributed by atoms with Gasteiger partial charge in [-0.2, -0.15) is 0 Å². The van der Waals surface area contributed by atoms with Crippen molar-refractivity contribution in [1.29, 1.82) is 0 Å². The Bertz CT molecular complexity index is 443. The summed E-state index contributed by atoms with van der Waals surface area (Å²) < 4.78 is 4.89. The van der Waals surface area contributed by atoms with Crippen molar-refractivity contribution in [3.63, 3.8) is 0 Å². The summed E-state index contributed by atoms with van der Waals surface area (Å²) in [5.41, 5.74) is 5.92. The normalized spacial score (nSPS) is 20.3. The van der Waals surface area contributed by atoms with Gasteiger partial charge >= 0.3 is 0 Å². The second kappa shape index (κ2) is 4.54. The van der Waals surface area contributed by atoms with Crippen LogP contribution in [0.3, 0.4) is 0 Å². The van der Waals surface area contributed by atoms with E-state index in [1.54, 1.807) is 6.92 Å². The maximum atomic E-state index is 12.2. The van der Waals surface area contributed by atoms with Crippen LogP contribution in [0.5, 0.6) is 0 Å². The van der Waals surface area contributed by atoms with Gasteiger partial charge in [0.15, 0.2) is 0 Å². The Morgan fingerprint density at radius 1 is 1.65 bits per heavy atom. The van der Waals surface area contributed by atoms with Gasteiger partial charge in [0.25, 0.3) is 5.91 Å². The van der Waals surface area contributed by atoms with E-state index in [1.165, 1.54) is 11.1 Å². The predicted octanol–water partition coefficient (Wildman–Crippen LogP) is -1.12. The zero-order valence-electron chi connectivity index (χ0n) is 9.47. The van der Waals surface area contributed by atoms with Crippen LogP contribution in [0.25, 0.3) is 0 Å². The molecule has 7 heteroatoms. The number of carbonyl (C=O) groups is 2. The molecule has 92 valence electrons. The largest absolute Gasteiger partial charge is 0.368 e. The molecule has 1 aliphatic heterocycles. The molecule has 0 bridgehead atoms. The monoisotopic (exact) mass is 238 g/mol. The number of primary amides is 1. The third-order valence-electron chi connectivity index (χ3n) is 2.78. The Labute approximate surface area is 97.9 Å². The van der Waals surface area contributed by atoms with Crippen LogP contribution in [-0.2, 0) is 4.79 Å². The van der Waals surface area contributed by atoms with Crippen LogP contribution in [-0.4, -0.2) is 47.5 Å². The van der Waals surface area contributed by atoms with E-state index in [9.17, 15) is 9.59 Å². The number of carbonyl (C=O) groups excluding carboxylic acids is 2. The average Bonchev–Trinajstić information content (AvgIpc) is 2.74. The van der Waals surface area contributed by atoms with Gasteiger partial charge in [0.05, 0.1) is 6.20 Å². The molecule has 0 saturated carbocycles. The number of piperazine rings is 1. The molecular weight excluding hydrogens is 224 g/mol. The minimum Gasteiger partial charge on any atom is -0.368 e. The number of amides is 2. The molecule has 1 unspecified atom stereocenters. The van der Waals surface area contributed by atoms with Gasteiger partial charge in [-0.1, -0.05) is 5.16 Å². The van der Waals surface area contributed by atoms with Crippen molar-refractivity contribution < 1.29 is 14.1 Å². The number of nitrogens with two attached hydrogens (primary N) is 1. The molecule has 2 amide bonds. The molecule has 1 aromatic heterocycles. The van der Waals surface area contributed by atoms with Crippen molar-refractivity contribution in [3.8, 4) is 0 Å². The number of nitrogens with zero attached hydrogens (tertiary/aromatic N) is 2. The van der Waals surface area contributed by atoms with Crippen LogP contribution in [0.2, 0.25) is 0 Å². The highest BCUT2D eigenvalue weighted by Gasteiger charge is 2.33. The predicted molar refractivity (Wildman–Crippen MR) is 58.1 cm³/mol. The average molecular weight is 238 g/mol. The molecule has 0 aliphatic carbocycles. The van der Waals surface area contributed by atoms with Crippen molar-refractivity contribution in [2.45, 2.75) is 13.0 Å². The Balaban J connectivity index is 2.23. The van der Waals surface area contributed by atoms with Crippen LogP contribution >= 0.6 is 0 Å². The lowest BCUT2D eigenvalue weighted by Gasteiger charge is -2.33. The van der Waals surface area contributed by atoms with Crippen molar-refractivity contribution >= 4 is 11.8 Å². The summed E-state index contributed by atoms with van der Waals surface area (Å²) in [7, 11) is 0. The molecule has 1 fully saturated rings. The van der Waals surface area contributed by atoms with Crippen molar-refractivity contribution in [2.24, 2.45) is 5.73 Å². The molecule has 1 aliphatic rings. The molecule has 1 atom stereocenters. The standard InChI is InChI=1S/C10H14N4O3/c1-6-4-13-17-8(6)10(16)14-3-2-12-5-7(14)9(11)15/h4,7,12H,2-3,5H2,1H3,(H2,11,15). The minimum atomic E-state index is -0.638. The summed E-state index contributed by atoms with van der Waals surface area (Å²) in [5, 5.41) is 6.57. The summed E-state index contributed by atoms with van der Waals surface area (Å²) in [6, 6.07) is -0.638. The third kappa shape index (κ3) is 2.14. The van der Waals surface area contributed by atoms with Gasteiger partial charge in [0.2, 0.25) is 11.7 Å². The lowest BCUT2D eigenvalue weighted by Crippen LogP contribution is -2.58. The summed E-state index contributed by atoms with van der Waals surface area (Å²) in [6.07, 6.45) is 1.47. The first-order chi connectivity index (χ1) is 8.11. The van der Waals surface area contributed by atoms with E-state index in [0.29, 0.717) is 25.2 Å². The topological polar surface area (TPSA) is 101 Å². The van der Waals surface area contributed by atoms with Gasteiger partial charge in [0.1, 0.15) is 6.04 Å². The first-order valence-corrected chi connectivity index (χ1v) is 5.33. The lowest BCUT2D eigenvalue weighted by molar-refractivity contribution is -0.122. The number of hydrogen-bond acceptors (Lipinski definition) is 5. The van der Waals surface area contributed by atoms with Crippen LogP contribution in [0, 0.1) is 6.92 Å². The number of nitrogens with one attached hydrogen (secondary N) is 1. The number of hydrogen-bond donors (Lipinski definition) is 2. The zero-order valence-corrected chi connectivity index (χ0v) is 9.47. The number of rotatable bonds is 2. The lowest BCUT2D eigenvalue weighted by atomic mass is 10.1. The molecule has 1 saturated heterocycles. The smallest absolute Gasteiger partial charge is 0.293 e. The number of aromatic nitrogens is 1. The molecule has 0 aromatic carbocycles. The Kier molecular flexibility index (Phi) is 3.10. The Morgan fingerprint density at radius 2 is 2.41 bits per heavy atom. The summed E-state index contributed by atoms with van der Waals surface area (Å²) >= 11 is 0. The van der Waals surface area contributed by atoms with Crippen molar-refractivity contribution in [3.05, 3.63) is 17.5 Å². The van der Waals surface area contributed by atoms with E-state index in [4.69, 9.17) is 10.3 Å². The Hall–Kier alpha value is -1.89. The maximum Gasteiger partial charge on any atom is 0.293 e. The van der Waals surface area contributed by atoms with Crippen molar-refractivity contribution in [2.75, 3.05) is 19.6 Å². The molecule has 3 N–H and O–H groups in total. The zero-order chi connectivity index (χ0) is 12.4. The molecule has 2 rings (SSSR count).